The number of aryl methyl sites for hydroxylation is 2. The number of unbranched alkanes of at least 4 members (excludes halogenated alkanes) is 1. The fourth-order valence-corrected chi connectivity index (χ4v) is 3.65. The Balaban J connectivity index is 1.49. The number of thiazole rings is 1. The molecule has 2 aromatic rings. The molecule has 0 spiro atoms. The fourth-order valence-electron chi connectivity index (χ4n) is 3.05. The normalized spacial score (nSPS) is 18.1. The second-order valence-corrected chi connectivity index (χ2v) is 7.56. The number of rotatable bonds is 7. The topological polar surface area (TPSA) is 58.3 Å². The third-order valence-corrected chi connectivity index (χ3v) is 5.42. The average Bonchev–Trinajstić information content (AvgIpc) is 3.22. The van der Waals surface area contributed by atoms with Gasteiger partial charge in [-0.15, -0.1) is 11.3 Å². The fraction of sp³-hybridized carbons (Fsp3) is 0.706. The smallest absolute Gasteiger partial charge is 0.243 e. The van der Waals surface area contributed by atoms with Crippen molar-refractivity contribution in [3.05, 3.63) is 27.8 Å². The van der Waals surface area contributed by atoms with E-state index in [1.54, 1.807) is 11.3 Å². The van der Waals surface area contributed by atoms with E-state index in [0.717, 1.165) is 68.7 Å². The summed E-state index contributed by atoms with van der Waals surface area (Å²) in [5.74, 6) is 1.60. The summed E-state index contributed by atoms with van der Waals surface area (Å²) in [6.45, 7) is 11.5. The van der Waals surface area contributed by atoms with Crippen molar-refractivity contribution in [1.82, 2.24) is 24.9 Å². The molecule has 0 aliphatic carbocycles. The molecule has 1 fully saturated rings. The molecule has 1 aliphatic heterocycles. The van der Waals surface area contributed by atoms with Crippen LogP contribution in [0.5, 0.6) is 0 Å². The van der Waals surface area contributed by atoms with Crippen molar-refractivity contribution < 1.29 is 4.52 Å². The van der Waals surface area contributed by atoms with Crippen LogP contribution in [0.2, 0.25) is 0 Å². The molecule has 0 aromatic carbocycles. The van der Waals surface area contributed by atoms with Crippen molar-refractivity contribution in [1.29, 1.82) is 0 Å². The van der Waals surface area contributed by atoms with Crippen molar-refractivity contribution in [3.8, 4) is 0 Å². The summed E-state index contributed by atoms with van der Waals surface area (Å²) < 4.78 is 5.48. The first-order valence-corrected chi connectivity index (χ1v) is 9.73. The summed E-state index contributed by atoms with van der Waals surface area (Å²) in [5.41, 5.74) is 1.19. The highest BCUT2D eigenvalue weighted by Crippen LogP contribution is 2.21. The molecule has 1 atom stereocenters. The maximum atomic E-state index is 5.48. The molecule has 7 heteroatoms. The third-order valence-electron chi connectivity index (χ3n) is 4.60. The summed E-state index contributed by atoms with van der Waals surface area (Å²) in [7, 11) is 0. The van der Waals surface area contributed by atoms with Crippen molar-refractivity contribution in [2.24, 2.45) is 0 Å². The van der Waals surface area contributed by atoms with Crippen molar-refractivity contribution in [3.63, 3.8) is 0 Å². The van der Waals surface area contributed by atoms with Gasteiger partial charge >= 0.3 is 0 Å². The molecule has 0 bridgehead atoms. The molecule has 1 unspecified atom stereocenters. The highest BCUT2D eigenvalue weighted by molar-refractivity contribution is 7.09. The van der Waals surface area contributed by atoms with Gasteiger partial charge in [-0.25, -0.2) is 4.98 Å². The number of piperazine rings is 1. The van der Waals surface area contributed by atoms with E-state index >= 15 is 0 Å². The first-order valence-electron chi connectivity index (χ1n) is 8.85. The molecule has 0 amide bonds. The van der Waals surface area contributed by atoms with Gasteiger partial charge in [0.15, 0.2) is 5.82 Å². The maximum Gasteiger partial charge on any atom is 0.243 e. The Morgan fingerprint density at radius 1 is 1.25 bits per heavy atom. The molecule has 1 saturated heterocycles. The first-order chi connectivity index (χ1) is 11.7. The second kappa shape index (κ2) is 8.18. The van der Waals surface area contributed by atoms with Crippen LogP contribution in [0.1, 0.15) is 55.1 Å². The van der Waals surface area contributed by atoms with Gasteiger partial charge in [-0.1, -0.05) is 18.5 Å². The Hall–Kier alpha value is -1.31. The number of aromatic nitrogens is 3. The minimum absolute atomic E-state index is 0.191. The molecule has 2 aromatic heterocycles. The van der Waals surface area contributed by atoms with Gasteiger partial charge in [-0.2, -0.15) is 4.98 Å². The Bertz CT molecular complexity index is 632. The van der Waals surface area contributed by atoms with Crippen LogP contribution in [-0.2, 0) is 13.0 Å². The zero-order valence-corrected chi connectivity index (χ0v) is 15.7. The van der Waals surface area contributed by atoms with Gasteiger partial charge in [-0.3, -0.25) is 9.80 Å². The Morgan fingerprint density at radius 3 is 2.71 bits per heavy atom. The zero-order valence-electron chi connectivity index (χ0n) is 14.9. The lowest BCUT2D eigenvalue weighted by molar-refractivity contribution is 0.0839. The molecule has 132 valence electrons. The summed E-state index contributed by atoms with van der Waals surface area (Å²) in [5, 5.41) is 7.43. The van der Waals surface area contributed by atoms with E-state index in [-0.39, 0.29) is 6.04 Å². The number of hydrogen-bond acceptors (Lipinski definition) is 7. The van der Waals surface area contributed by atoms with Crippen LogP contribution >= 0.6 is 11.3 Å². The lowest BCUT2D eigenvalue weighted by atomic mass is 10.2. The van der Waals surface area contributed by atoms with E-state index in [4.69, 9.17) is 4.52 Å². The molecule has 0 saturated carbocycles. The molecular weight excluding hydrogens is 322 g/mol. The van der Waals surface area contributed by atoms with Gasteiger partial charge in [0.1, 0.15) is 0 Å². The first kappa shape index (κ1) is 17.5. The second-order valence-electron chi connectivity index (χ2n) is 6.50. The minimum Gasteiger partial charge on any atom is -0.338 e. The Morgan fingerprint density at radius 2 is 2.04 bits per heavy atom. The average molecular weight is 350 g/mol. The van der Waals surface area contributed by atoms with Crippen molar-refractivity contribution in [2.75, 3.05) is 26.2 Å². The van der Waals surface area contributed by atoms with Crippen molar-refractivity contribution >= 4 is 11.3 Å². The predicted molar refractivity (Wildman–Crippen MR) is 95.0 cm³/mol. The molecule has 3 heterocycles. The van der Waals surface area contributed by atoms with E-state index in [2.05, 4.69) is 51.1 Å². The van der Waals surface area contributed by atoms with Crippen LogP contribution in [0.15, 0.2) is 9.90 Å². The quantitative estimate of drug-likeness (QED) is 0.766. The predicted octanol–water partition coefficient (Wildman–Crippen LogP) is 3.06. The highest BCUT2D eigenvalue weighted by atomic mass is 32.1. The largest absolute Gasteiger partial charge is 0.338 e. The van der Waals surface area contributed by atoms with E-state index in [1.807, 2.05) is 0 Å². The van der Waals surface area contributed by atoms with E-state index in [0.29, 0.717) is 0 Å². The molecule has 24 heavy (non-hydrogen) atoms. The van der Waals surface area contributed by atoms with Gasteiger partial charge < -0.3 is 4.52 Å². The van der Waals surface area contributed by atoms with Gasteiger partial charge in [0, 0.05) is 44.5 Å². The van der Waals surface area contributed by atoms with E-state index in [1.165, 1.54) is 5.69 Å². The minimum atomic E-state index is 0.191. The van der Waals surface area contributed by atoms with Gasteiger partial charge in [0.25, 0.3) is 0 Å². The Kier molecular flexibility index (Phi) is 5.97. The zero-order chi connectivity index (χ0) is 16.9. The number of nitrogens with zero attached hydrogens (tertiary/aromatic N) is 5. The van der Waals surface area contributed by atoms with Gasteiger partial charge in [0.2, 0.25) is 5.89 Å². The lowest BCUT2D eigenvalue weighted by Gasteiger charge is -2.36. The Labute approximate surface area is 147 Å². The molecule has 3 rings (SSSR count). The third kappa shape index (κ3) is 4.40. The van der Waals surface area contributed by atoms with Gasteiger partial charge in [-0.05, 0) is 20.3 Å². The molecule has 1 aliphatic rings. The van der Waals surface area contributed by atoms with E-state index in [9.17, 15) is 0 Å². The van der Waals surface area contributed by atoms with E-state index < -0.39 is 0 Å². The van der Waals surface area contributed by atoms with Crippen LogP contribution in [0.3, 0.4) is 0 Å². The monoisotopic (exact) mass is 349 g/mol. The summed E-state index contributed by atoms with van der Waals surface area (Å²) >= 11 is 1.73. The summed E-state index contributed by atoms with van der Waals surface area (Å²) in [6, 6.07) is 0.191. The molecule has 0 N–H and O–H groups in total. The van der Waals surface area contributed by atoms with Gasteiger partial charge in [0.05, 0.1) is 16.7 Å². The van der Waals surface area contributed by atoms with Crippen LogP contribution in [0, 0.1) is 6.92 Å². The van der Waals surface area contributed by atoms with Crippen LogP contribution in [0.25, 0.3) is 0 Å². The lowest BCUT2D eigenvalue weighted by Crippen LogP contribution is -2.46. The summed E-state index contributed by atoms with van der Waals surface area (Å²) in [6.07, 6.45) is 3.18. The van der Waals surface area contributed by atoms with Crippen LogP contribution < -0.4 is 0 Å². The van der Waals surface area contributed by atoms with Crippen LogP contribution in [0.4, 0.5) is 0 Å². The molecular formula is C17H27N5OS. The highest BCUT2D eigenvalue weighted by Gasteiger charge is 2.26. The number of hydrogen-bond donors (Lipinski definition) is 0. The standard InChI is InChI=1S/C17H27N5OS/c1-4-5-6-16-19-17(23-20-16)13(2)22-9-7-21(8-10-22)11-15-12-24-14(3)18-15/h12-13H,4-11H2,1-3H3. The molecule has 0 radical (unpaired) electrons. The summed E-state index contributed by atoms with van der Waals surface area (Å²) in [4.78, 5) is 14.0. The van der Waals surface area contributed by atoms with Crippen LogP contribution in [-0.4, -0.2) is 51.1 Å². The van der Waals surface area contributed by atoms with Crippen molar-refractivity contribution in [2.45, 2.75) is 52.6 Å². The molecule has 6 nitrogen and oxygen atoms in total. The maximum absolute atomic E-state index is 5.48. The SMILES string of the molecule is CCCCc1noc(C(C)N2CCN(Cc3csc(C)n3)CC2)n1.